The molecule has 19 heavy (non-hydrogen) atoms. The molecule has 5 heteroatoms. The Morgan fingerprint density at radius 3 is 2.84 bits per heavy atom. The van der Waals surface area contributed by atoms with Crippen LogP contribution in [0.3, 0.4) is 0 Å². The summed E-state index contributed by atoms with van der Waals surface area (Å²) in [5.74, 6) is 0.285. The fourth-order valence-corrected chi connectivity index (χ4v) is 3.02. The lowest BCUT2D eigenvalue weighted by Crippen LogP contribution is -2.47. The lowest BCUT2D eigenvalue weighted by atomic mass is 10.1. The highest BCUT2D eigenvalue weighted by atomic mass is 16.3. The number of carbonyl (C=O) groups is 1. The van der Waals surface area contributed by atoms with Gasteiger partial charge in [0.15, 0.2) is 0 Å². The number of aliphatic hydroxyl groups excluding tert-OH is 1. The van der Waals surface area contributed by atoms with E-state index in [9.17, 15) is 4.79 Å². The van der Waals surface area contributed by atoms with Crippen LogP contribution in [0.4, 0.5) is 0 Å². The molecule has 1 amide bonds. The van der Waals surface area contributed by atoms with E-state index >= 15 is 0 Å². The molecular weight excluding hydrogens is 242 g/mol. The van der Waals surface area contributed by atoms with Gasteiger partial charge in [-0.2, -0.15) is 0 Å². The molecule has 0 radical (unpaired) electrons. The molecule has 0 aromatic carbocycles. The lowest BCUT2D eigenvalue weighted by Gasteiger charge is -2.26. The van der Waals surface area contributed by atoms with Gasteiger partial charge in [0.05, 0.1) is 12.6 Å². The molecule has 2 N–H and O–H groups in total. The van der Waals surface area contributed by atoms with Crippen LogP contribution in [-0.2, 0) is 4.79 Å². The van der Waals surface area contributed by atoms with Gasteiger partial charge in [-0.25, -0.2) is 0 Å². The van der Waals surface area contributed by atoms with Gasteiger partial charge in [-0.3, -0.25) is 9.69 Å². The smallest absolute Gasteiger partial charge is 0.239 e. The van der Waals surface area contributed by atoms with E-state index in [-0.39, 0.29) is 18.6 Å². The van der Waals surface area contributed by atoms with E-state index in [0.29, 0.717) is 0 Å². The number of hydrogen-bond acceptors (Lipinski definition) is 4. The summed E-state index contributed by atoms with van der Waals surface area (Å²) in [7, 11) is 0. The molecule has 0 spiro atoms. The van der Waals surface area contributed by atoms with Gasteiger partial charge in [0.2, 0.25) is 5.91 Å². The van der Waals surface area contributed by atoms with Gasteiger partial charge in [0.25, 0.3) is 0 Å². The van der Waals surface area contributed by atoms with Gasteiger partial charge in [-0.15, -0.1) is 0 Å². The van der Waals surface area contributed by atoms with E-state index in [2.05, 4.69) is 10.2 Å². The van der Waals surface area contributed by atoms with Crippen molar-refractivity contribution >= 4 is 5.91 Å². The lowest BCUT2D eigenvalue weighted by molar-refractivity contribution is -0.133. The van der Waals surface area contributed by atoms with Gasteiger partial charge in [0.1, 0.15) is 0 Å². The Labute approximate surface area is 115 Å². The summed E-state index contributed by atoms with van der Waals surface area (Å²) in [6.45, 7) is 5.44. The van der Waals surface area contributed by atoms with Crippen LogP contribution in [0.15, 0.2) is 0 Å². The largest absolute Gasteiger partial charge is 0.395 e. The Balaban J connectivity index is 1.84. The average molecular weight is 269 g/mol. The van der Waals surface area contributed by atoms with Crippen LogP contribution >= 0.6 is 0 Å². The molecule has 2 aliphatic heterocycles. The molecule has 110 valence electrons. The van der Waals surface area contributed by atoms with Crippen LogP contribution in [0.5, 0.6) is 0 Å². The van der Waals surface area contributed by atoms with Crippen molar-refractivity contribution in [3.8, 4) is 0 Å². The van der Waals surface area contributed by atoms with Crippen molar-refractivity contribution in [2.75, 3.05) is 45.9 Å². The average Bonchev–Trinajstić information content (AvgIpc) is 2.81. The second kappa shape index (κ2) is 7.82. The van der Waals surface area contributed by atoms with Gasteiger partial charge in [-0.1, -0.05) is 12.8 Å². The number of rotatable bonds is 3. The second-order valence-electron chi connectivity index (χ2n) is 5.60. The quantitative estimate of drug-likeness (QED) is 0.760. The summed E-state index contributed by atoms with van der Waals surface area (Å²) in [6, 6.07) is 0.0342. The molecule has 2 fully saturated rings. The predicted molar refractivity (Wildman–Crippen MR) is 75.0 cm³/mol. The van der Waals surface area contributed by atoms with Crippen molar-refractivity contribution in [1.82, 2.24) is 15.1 Å². The Kier molecular flexibility index (Phi) is 6.07. The Bertz CT molecular complexity index is 278. The maximum Gasteiger partial charge on any atom is 0.239 e. The number of nitrogens with zero attached hydrogens (tertiary/aromatic N) is 2. The number of aliphatic hydroxyl groups is 1. The summed E-state index contributed by atoms with van der Waals surface area (Å²) in [6.07, 6.45) is 5.58. The molecule has 2 rings (SSSR count). The highest BCUT2D eigenvalue weighted by molar-refractivity contribution is 5.82. The summed E-state index contributed by atoms with van der Waals surface area (Å²) in [4.78, 5) is 16.8. The van der Waals surface area contributed by atoms with E-state index in [1.54, 1.807) is 0 Å². The SMILES string of the molecule is O=C(C1CCCCCN1)N1CCCN(CCO)CC1. The minimum absolute atomic E-state index is 0.0342. The van der Waals surface area contributed by atoms with Crippen LogP contribution in [-0.4, -0.2) is 72.7 Å². The van der Waals surface area contributed by atoms with E-state index < -0.39 is 0 Å². The molecule has 1 atom stereocenters. The summed E-state index contributed by atoms with van der Waals surface area (Å²) in [5.41, 5.74) is 0. The summed E-state index contributed by atoms with van der Waals surface area (Å²) >= 11 is 0. The standard InChI is InChI=1S/C14H27N3O2/c18-12-11-16-7-4-8-17(10-9-16)14(19)13-5-2-1-3-6-15-13/h13,15,18H,1-12H2. The zero-order valence-electron chi connectivity index (χ0n) is 11.8. The Hall–Kier alpha value is -0.650. The van der Waals surface area contributed by atoms with Crippen LogP contribution in [0, 0.1) is 0 Å². The summed E-state index contributed by atoms with van der Waals surface area (Å²) in [5, 5.41) is 12.4. The Morgan fingerprint density at radius 2 is 2.00 bits per heavy atom. The van der Waals surface area contributed by atoms with E-state index in [1.807, 2.05) is 4.90 Å². The maximum atomic E-state index is 12.5. The van der Waals surface area contributed by atoms with Gasteiger partial charge >= 0.3 is 0 Å². The molecule has 2 heterocycles. The fourth-order valence-electron chi connectivity index (χ4n) is 3.02. The third kappa shape index (κ3) is 4.44. The highest BCUT2D eigenvalue weighted by Crippen LogP contribution is 2.12. The van der Waals surface area contributed by atoms with Crippen molar-refractivity contribution in [1.29, 1.82) is 0 Å². The Morgan fingerprint density at radius 1 is 1.11 bits per heavy atom. The van der Waals surface area contributed by atoms with Crippen molar-refractivity contribution in [2.24, 2.45) is 0 Å². The van der Waals surface area contributed by atoms with Crippen LogP contribution in [0.2, 0.25) is 0 Å². The normalized spacial score (nSPS) is 26.8. The third-order valence-electron chi connectivity index (χ3n) is 4.17. The first kappa shape index (κ1) is 14.8. The first-order valence-electron chi connectivity index (χ1n) is 7.66. The van der Waals surface area contributed by atoms with Gasteiger partial charge in [0, 0.05) is 26.2 Å². The number of hydrogen-bond donors (Lipinski definition) is 2. The molecule has 0 aromatic heterocycles. The molecule has 2 aliphatic rings. The molecule has 2 saturated heterocycles. The third-order valence-corrected chi connectivity index (χ3v) is 4.17. The zero-order valence-corrected chi connectivity index (χ0v) is 11.8. The predicted octanol–water partition coefficient (Wildman–Crippen LogP) is 0.0452. The van der Waals surface area contributed by atoms with Crippen molar-refractivity contribution < 1.29 is 9.90 Å². The molecule has 0 aliphatic carbocycles. The monoisotopic (exact) mass is 269 g/mol. The summed E-state index contributed by atoms with van der Waals surface area (Å²) < 4.78 is 0. The number of carbonyl (C=O) groups excluding carboxylic acids is 1. The molecule has 0 saturated carbocycles. The maximum absolute atomic E-state index is 12.5. The number of nitrogens with one attached hydrogen (secondary N) is 1. The first-order valence-corrected chi connectivity index (χ1v) is 7.66. The molecule has 1 unspecified atom stereocenters. The van der Waals surface area contributed by atoms with Crippen LogP contribution < -0.4 is 5.32 Å². The fraction of sp³-hybridized carbons (Fsp3) is 0.929. The van der Waals surface area contributed by atoms with Crippen LogP contribution in [0.25, 0.3) is 0 Å². The van der Waals surface area contributed by atoms with E-state index in [0.717, 1.165) is 58.5 Å². The number of amides is 1. The highest BCUT2D eigenvalue weighted by Gasteiger charge is 2.26. The molecule has 5 nitrogen and oxygen atoms in total. The molecule has 0 aromatic rings. The topological polar surface area (TPSA) is 55.8 Å². The van der Waals surface area contributed by atoms with Crippen molar-refractivity contribution in [3.63, 3.8) is 0 Å². The van der Waals surface area contributed by atoms with Crippen LogP contribution in [0.1, 0.15) is 32.1 Å². The van der Waals surface area contributed by atoms with Gasteiger partial charge < -0.3 is 15.3 Å². The van der Waals surface area contributed by atoms with Crippen molar-refractivity contribution in [2.45, 2.75) is 38.1 Å². The minimum atomic E-state index is 0.0342. The van der Waals surface area contributed by atoms with E-state index in [1.165, 1.54) is 12.8 Å². The molecule has 0 bridgehead atoms. The number of β-amino-alcohol motifs (C(OH)–C–C–N with tert-alkyl or cyclic N) is 1. The zero-order chi connectivity index (χ0) is 13.5. The first-order chi connectivity index (χ1) is 9.31. The molecular formula is C14H27N3O2. The van der Waals surface area contributed by atoms with Crippen molar-refractivity contribution in [3.05, 3.63) is 0 Å². The van der Waals surface area contributed by atoms with Gasteiger partial charge in [-0.05, 0) is 32.4 Å². The minimum Gasteiger partial charge on any atom is -0.395 e. The second-order valence-corrected chi connectivity index (χ2v) is 5.60. The van der Waals surface area contributed by atoms with E-state index in [4.69, 9.17) is 5.11 Å².